The van der Waals surface area contributed by atoms with E-state index in [0.29, 0.717) is 6.42 Å². The molecule has 2 bridgehead atoms. The lowest BCUT2D eigenvalue weighted by Gasteiger charge is -2.35. The highest BCUT2D eigenvalue weighted by atomic mass is 19.4. The molecule has 4 atom stereocenters. The van der Waals surface area contributed by atoms with E-state index in [2.05, 4.69) is 10.4 Å². The number of fused-ring (bicyclic) bond motifs is 2. The number of hydrogen-bond donors (Lipinski definition) is 1. The molecule has 1 N–H and O–H groups in total. The van der Waals surface area contributed by atoms with Crippen molar-refractivity contribution in [2.45, 2.75) is 76.4 Å². The first-order valence-corrected chi connectivity index (χ1v) is 12.3. The summed E-state index contributed by atoms with van der Waals surface area (Å²) in [5.41, 5.74) is -1.46. The quantitative estimate of drug-likeness (QED) is 0.565. The number of carbonyl (C=O) groups excluding carboxylic acids is 2. The zero-order chi connectivity index (χ0) is 28.0. The van der Waals surface area contributed by atoms with E-state index in [1.54, 1.807) is 20.8 Å². The second-order valence-electron chi connectivity index (χ2n) is 10.8. The summed E-state index contributed by atoms with van der Waals surface area (Å²) >= 11 is 0. The summed E-state index contributed by atoms with van der Waals surface area (Å²) in [6, 6.07) is 4.69. The van der Waals surface area contributed by atoms with Gasteiger partial charge >= 0.3 is 12.3 Å². The molecule has 0 spiro atoms. The Bertz CT molecular complexity index is 1280. The maximum Gasteiger partial charge on any atom is 0.435 e. The SMILES string of the molecule is Cn1nc(C(F)(F)F)cc1-c1ccc(CC(C#N)NC(=O)C2C3CCC(C3)N2C(=O)OC(C)(C)C)c(F)c1. The lowest BCUT2D eigenvalue weighted by Crippen LogP contribution is -2.55. The molecular formula is C26H29F4N5O3. The standard InChI is InChI=1S/C26H29F4N5O3/c1-25(2,3)38-24(37)35-18-8-7-16(10-18)22(35)23(36)32-17(13-31)9-14-5-6-15(11-19(14)27)20-12-21(26(28,29)30)33-34(20)4/h5-6,11-12,16-18,22H,7-10H2,1-4H3,(H,32,36). The van der Waals surface area contributed by atoms with Gasteiger partial charge < -0.3 is 10.1 Å². The van der Waals surface area contributed by atoms with E-state index < -0.39 is 47.4 Å². The Morgan fingerprint density at radius 3 is 2.53 bits per heavy atom. The molecule has 1 aromatic carbocycles. The van der Waals surface area contributed by atoms with E-state index in [0.717, 1.165) is 29.7 Å². The topological polar surface area (TPSA) is 100 Å². The number of aryl methyl sites for hydroxylation is 1. The minimum atomic E-state index is -4.63. The van der Waals surface area contributed by atoms with Gasteiger partial charge in [0.25, 0.3) is 0 Å². The molecule has 8 nitrogen and oxygen atoms in total. The van der Waals surface area contributed by atoms with Crippen LogP contribution < -0.4 is 5.32 Å². The van der Waals surface area contributed by atoms with E-state index in [4.69, 9.17) is 4.74 Å². The van der Waals surface area contributed by atoms with Crippen LogP contribution in [-0.4, -0.2) is 50.4 Å². The maximum atomic E-state index is 14.9. The molecular weight excluding hydrogens is 506 g/mol. The molecule has 4 rings (SSSR count). The van der Waals surface area contributed by atoms with Crippen LogP contribution in [0.1, 0.15) is 51.3 Å². The van der Waals surface area contributed by atoms with Crippen molar-refractivity contribution in [2.24, 2.45) is 13.0 Å². The van der Waals surface area contributed by atoms with Gasteiger partial charge in [-0.25, -0.2) is 9.18 Å². The summed E-state index contributed by atoms with van der Waals surface area (Å²) < 4.78 is 60.4. The van der Waals surface area contributed by atoms with Crippen LogP contribution in [0.2, 0.25) is 0 Å². The number of nitrogens with one attached hydrogen (secondary N) is 1. The molecule has 2 aromatic rings. The number of alkyl halides is 3. The lowest BCUT2D eigenvalue weighted by atomic mass is 9.97. The van der Waals surface area contributed by atoms with Gasteiger partial charge in [0, 0.05) is 25.1 Å². The maximum absolute atomic E-state index is 14.9. The number of aromatic nitrogens is 2. The summed E-state index contributed by atoms with van der Waals surface area (Å²) in [6.07, 6.45) is -3.16. The minimum absolute atomic E-state index is 0.0524. The lowest BCUT2D eigenvalue weighted by molar-refractivity contribution is -0.141. The number of nitriles is 1. The van der Waals surface area contributed by atoms with E-state index in [-0.39, 0.29) is 35.2 Å². The van der Waals surface area contributed by atoms with Crippen molar-refractivity contribution in [3.8, 4) is 17.3 Å². The average molecular weight is 536 g/mol. The highest BCUT2D eigenvalue weighted by Crippen LogP contribution is 2.43. The smallest absolute Gasteiger partial charge is 0.435 e. The molecule has 2 aliphatic rings. The van der Waals surface area contributed by atoms with Crippen molar-refractivity contribution >= 4 is 12.0 Å². The number of rotatable bonds is 5. The minimum Gasteiger partial charge on any atom is -0.444 e. The van der Waals surface area contributed by atoms with Gasteiger partial charge in [-0.05, 0) is 63.6 Å². The van der Waals surface area contributed by atoms with E-state index in [1.165, 1.54) is 24.1 Å². The molecule has 1 aliphatic carbocycles. The highest BCUT2D eigenvalue weighted by molar-refractivity contribution is 5.87. The number of ether oxygens (including phenoxy) is 1. The third-order valence-electron chi connectivity index (χ3n) is 6.87. The van der Waals surface area contributed by atoms with Crippen molar-refractivity contribution in [2.75, 3.05) is 0 Å². The zero-order valence-electron chi connectivity index (χ0n) is 21.5. The third-order valence-corrected chi connectivity index (χ3v) is 6.87. The van der Waals surface area contributed by atoms with Crippen LogP contribution in [-0.2, 0) is 29.2 Å². The average Bonchev–Trinajstić information content (AvgIpc) is 3.52. The summed E-state index contributed by atoms with van der Waals surface area (Å²) in [4.78, 5) is 27.5. The molecule has 1 aromatic heterocycles. The Balaban J connectivity index is 1.47. The van der Waals surface area contributed by atoms with E-state index >= 15 is 0 Å². The van der Waals surface area contributed by atoms with Gasteiger partial charge in [0.1, 0.15) is 23.5 Å². The Morgan fingerprint density at radius 1 is 1.24 bits per heavy atom. The molecule has 0 radical (unpaired) electrons. The predicted molar refractivity (Wildman–Crippen MR) is 128 cm³/mol. The molecule has 2 fully saturated rings. The fraction of sp³-hybridized carbons (Fsp3) is 0.538. The van der Waals surface area contributed by atoms with Gasteiger partial charge in [-0.2, -0.15) is 23.5 Å². The first-order valence-electron chi connectivity index (χ1n) is 12.3. The number of halogens is 4. The number of nitrogens with zero attached hydrogens (tertiary/aromatic N) is 4. The number of carbonyl (C=O) groups is 2. The van der Waals surface area contributed by atoms with Crippen molar-refractivity contribution in [3.63, 3.8) is 0 Å². The fourth-order valence-electron chi connectivity index (χ4n) is 5.26. The number of amides is 2. The summed E-state index contributed by atoms with van der Waals surface area (Å²) in [6.45, 7) is 5.22. The van der Waals surface area contributed by atoms with Gasteiger partial charge in [-0.3, -0.25) is 14.4 Å². The molecule has 38 heavy (non-hydrogen) atoms. The van der Waals surface area contributed by atoms with Crippen molar-refractivity contribution in [3.05, 3.63) is 41.3 Å². The molecule has 2 amide bonds. The number of benzene rings is 1. The van der Waals surface area contributed by atoms with Crippen molar-refractivity contribution in [1.29, 1.82) is 5.26 Å². The van der Waals surface area contributed by atoms with Gasteiger partial charge in [0.15, 0.2) is 5.69 Å². The second kappa shape index (κ2) is 9.93. The molecule has 204 valence electrons. The monoisotopic (exact) mass is 535 g/mol. The van der Waals surface area contributed by atoms with E-state index in [1.807, 2.05) is 6.07 Å². The van der Waals surface area contributed by atoms with Crippen molar-refractivity contribution < 1.29 is 31.9 Å². The van der Waals surface area contributed by atoms with E-state index in [9.17, 15) is 32.4 Å². The normalized spacial score (nSPS) is 21.8. The molecule has 12 heteroatoms. The largest absolute Gasteiger partial charge is 0.444 e. The number of likely N-dealkylation sites (tertiary alicyclic amines) is 1. The van der Waals surface area contributed by atoms with Crippen LogP contribution in [0.3, 0.4) is 0 Å². The van der Waals surface area contributed by atoms with Crippen molar-refractivity contribution in [1.82, 2.24) is 20.0 Å². The first kappa shape index (κ1) is 27.4. The van der Waals surface area contributed by atoms with Gasteiger partial charge in [-0.15, -0.1) is 0 Å². The third kappa shape index (κ3) is 5.61. The van der Waals surface area contributed by atoms with Crippen LogP contribution in [0.25, 0.3) is 11.3 Å². The van der Waals surface area contributed by atoms with Gasteiger partial charge in [-0.1, -0.05) is 12.1 Å². The highest BCUT2D eigenvalue weighted by Gasteiger charge is 2.52. The Labute approximate surface area is 217 Å². The zero-order valence-corrected chi connectivity index (χ0v) is 21.5. The molecule has 1 aliphatic heterocycles. The fourth-order valence-corrected chi connectivity index (χ4v) is 5.26. The van der Waals surface area contributed by atoms with Gasteiger partial charge in [0.2, 0.25) is 5.91 Å². The Kier molecular flexibility index (Phi) is 7.16. The van der Waals surface area contributed by atoms with Gasteiger partial charge in [0.05, 0.1) is 11.8 Å². The Hall–Kier alpha value is -3.62. The number of piperidine rings is 1. The second-order valence-corrected chi connectivity index (χ2v) is 10.8. The molecule has 2 heterocycles. The Morgan fingerprint density at radius 2 is 1.95 bits per heavy atom. The molecule has 4 unspecified atom stereocenters. The van der Waals surface area contributed by atoms with Crippen LogP contribution in [0.5, 0.6) is 0 Å². The van der Waals surface area contributed by atoms with Crippen LogP contribution in [0, 0.1) is 23.1 Å². The summed E-state index contributed by atoms with van der Waals surface area (Å²) in [5.74, 6) is -1.29. The van der Waals surface area contributed by atoms with Crippen LogP contribution >= 0.6 is 0 Å². The predicted octanol–water partition coefficient (Wildman–Crippen LogP) is 4.58. The summed E-state index contributed by atoms with van der Waals surface area (Å²) in [5, 5.41) is 15.7. The molecule has 1 saturated heterocycles. The van der Waals surface area contributed by atoms with Crippen LogP contribution in [0.4, 0.5) is 22.4 Å². The first-order chi connectivity index (χ1) is 17.7. The van der Waals surface area contributed by atoms with Crippen LogP contribution in [0.15, 0.2) is 24.3 Å². The molecule has 1 saturated carbocycles. The number of hydrogen-bond acceptors (Lipinski definition) is 5. The summed E-state index contributed by atoms with van der Waals surface area (Å²) in [7, 11) is 1.33.